The lowest BCUT2D eigenvalue weighted by atomic mass is 10.0. The van der Waals surface area contributed by atoms with Gasteiger partial charge in [0.1, 0.15) is 0 Å². The van der Waals surface area contributed by atoms with Gasteiger partial charge in [-0.15, -0.1) is 0 Å². The topological polar surface area (TPSA) is 67.3 Å². The summed E-state index contributed by atoms with van der Waals surface area (Å²) in [6.07, 6.45) is -0.465. The zero-order valence-electron chi connectivity index (χ0n) is 11.7. The predicted molar refractivity (Wildman–Crippen MR) is 71.6 cm³/mol. The molecule has 116 valence electrons. The molecule has 0 aliphatic carbocycles. The maximum Gasteiger partial charge on any atom is 0.424 e. The number of allylic oxidation sites excluding steroid dienone is 2. The van der Waals surface area contributed by atoms with E-state index < -0.39 is 17.6 Å². The van der Waals surface area contributed by atoms with E-state index >= 15 is 0 Å². The second-order valence-corrected chi connectivity index (χ2v) is 5.20. The highest BCUT2D eigenvalue weighted by Crippen LogP contribution is 2.41. The van der Waals surface area contributed by atoms with E-state index in [1.165, 1.54) is 21.8 Å². The Labute approximate surface area is 120 Å². The number of halogens is 3. The van der Waals surface area contributed by atoms with Gasteiger partial charge in [0.25, 0.3) is 0 Å². The highest BCUT2D eigenvalue weighted by molar-refractivity contribution is 5.64. The van der Waals surface area contributed by atoms with Crippen LogP contribution in [-0.2, 0) is 5.60 Å². The lowest BCUT2D eigenvalue weighted by Gasteiger charge is -2.36. The fraction of sp³-hybridized carbons (Fsp3) is 0.462. The maximum atomic E-state index is 13.0. The molecular weight excluding hydrogens is 285 g/mol. The molecule has 0 spiro atoms. The first-order valence-corrected chi connectivity index (χ1v) is 6.33. The second-order valence-electron chi connectivity index (χ2n) is 5.20. The maximum absolute atomic E-state index is 13.0. The van der Waals surface area contributed by atoms with Gasteiger partial charge in [-0.2, -0.15) is 13.2 Å². The summed E-state index contributed by atoms with van der Waals surface area (Å²) in [5, 5.41) is 11.3. The van der Waals surface area contributed by atoms with E-state index in [0.717, 1.165) is 0 Å². The van der Waals surface area contributed by atoms with E-state index in [2.05, 4.69) is 11.6 Å². The molecule has 0 aromatic carbocycles. The molecule has 1 aromatic rings. The van der Waals surface area contributed by atoms with Crippen molar-refractivity contribution in [2.24, 2.45) is 5.84 Å². The molecule has 0 saturated heterocycles. The number of aliphatic hydroxyl groups is 1. The summed E-state index contributed by atoms with van der Waals surface area (Å²) < 4.78 is 40.5. The summed E-state index contributed by atoms with van der Waals surface area (Å²) in [6.45, 7) is 6.26. The van der Waals surface area contributed by atoms with Crippen LogP contribution < -0.4 is 5.84 Å². The minimum Gasteiger partial charge on any atom is -0.374 e. The first-order valence-electron chi connectivity index (χ1n) is 6.33. The minimum atomic E-state index is -4.82. The van der Waals surface area contributed by atoms with Crippen LogP contribution in [0.2, 0.25) is 0 Å². The van der Waals surface area contributed by atoms with Crippen LogP contribution in [0.3, 0.4) is 0 Å². The van der Waals surface area contributed by atoms with Crippen LogP contribution >= 0.6 is 0 Å². The van der Waals surface area contributed by atoms with Crippen molar-refractivity contribution in [1.29, 1.82) is 0 Å². The Balaban J connectivity index is 2.64. The fourth-order valence-corrected chi connectivity index (χ4v) is 2.39. The van der Waals surface area contributed by atoms with Crippen LogP contribution in [0.25, 0.3) is 5.70 Å². The SMILES string of the molecule is C=C/C=C1/c2cnc([C@@](C)(O)C(F)(F)F)n2[C@@H](C)CN1N. The third-order valence-electron chi connectivity index (χ3n) is 3.53. The summed E-state index contributed by atoms with van der Waals surface area (Å²) in [4.78, 5) is 3.79. The molecule has 21 heavy (non-hydrogen) atoms. The molecule has 0 bridgehead atoms. The monoisotopic (exact) mass is 302 g/mol. The van der Waals surface area contributed by atoms with Crippen LogP contribution in [0, 0.1) is 0 Å². The summed E-state index contributed by atoms with van der Waals surface area (Å²) >= 11 is 0. The summed E-state index contributed by atoms with van der Waals surface area (Å²) in [6, 6.07) is -0.363. The Morgan fingerprint density at radius 3 is 2.67 bits per heavy atom. The number of hydrogen-bond donors (Lipinski definition) is 2. The van der Waals surface area contributed by atoms with Crippen molar-refractivity contribution in [3.05, 3.63) is 36.4 Å². The van der Waals surface area contributed by atoms with Gasteiger partial charge in [-0.3, -0.25) is 0 Å². The molecular formula is C13H17F3N4O. The van der Waals surface area contributed by atoms with Gasteiger partial charge in [-0.05, 0) is 19.9 Å². The number of fused-ring (bicyclic) bond motifs is 1. The number of rotatable bonds is 2. The van der Waals surface area contributed by atoms with Gasteiger partial charge in [0.2, 0.25) is 5.60 Å². The lowest BCUT2D eigenvalue weighted by molar-refractivity contribution is -0.263. The Morgan fingerprint density at radius 2 is 2.14 bits per heavy atom. The van der Waals surface area contributed by atoms with Crippen molar-refractivity contribution in [1.82, 2.24) is 14.6 Å². The molecule has 0 saturated carbocycles. The van der Waals surface area contributed by atoms with Gasteiger partial charge < -0.3 is 14.7 Å². The smallest absolute Gasteiger partial charge is 0.374 e. The molecule has 1 aliphatic heterocycles. The summed E-state index contributed by atoms with van der Waals surface area (Å²) in [7, 11) is 0. The van der Waals surface area contributed by atoms with Crippen LogP contribution in [0.5, 0.6) is 0 Å². The highest BCUT2D eigenvalue weighted by atomic mass is 19.4. The molecule has 0 radical (unpaired) electrons. The number of nitrogens with zero attached hydrogens (tertiary/aromatic N) is 3. The zero-order valence-corrected chi connectivity index (χ0v) is 11.7. The molecule has 0 fully saturated rings. The van der Waals surface area contributed by atoms with Crippen LogP contribution in [0.4, 0.5) is 13.2 Å². The molecule has 3 N–H and O–H groups in total. The first kappa shape index (κ1) is 15.6. The third kappa shape index (κ3) is 2.34. The molecule has 2 rings (SSSR count). The minimum absolute atomic E-state index is 0.296. The second kappa shape index (κ2) is 4.88. The van der Waals surface area contributed by atoms with Gasteiger partial charge in [-0.25, -0.2) is 10.8 Å². The average Bonchev–Trinajstić information content (AvgIpc) is 2.78. The van der Waals surface area contributed by atoms with Gasteiger partial charge in [0.05, 0.1) is 30.2 Å². The Hall–Kier alpha value is -1.80. The standard InChI is InChI=1S/C13H17F3N4O/c1-4-5-9-10-6-18-11(12(3,21)13(14,15)16)20(10)8(2)7-19(9)17/h4-6,8,21H,1,7,17H2,2-3H3/b9-5-/t8-,12+/m0/s1. The predicted octanol–water partition coefficient (Wildman–Crippen LogP) is 1.93. The lowest BCUT2D eigenvalue weighted by Crippen LogP contribution is -2.45. The zero-order chi connectivity index (χ0) is 16.0. The van der Waals surface area contributed by atoms with E-state index in [1.807, 2.05) is 0 Å². The number of alkyl halides is 3. The first-order chi connectivity index (χ1) is 9.61. The van der Waals surface area contributed by atoms with E-state index in [0.29, 0.717) is 24.9 Å². The van der Waals surface area contributed by atoms with Crippen molar-refractivity contribution >= 4 is 5.70 Å². The number of imidazole rings is 1. The van der Waals surface area contributed by atoms with Crippen LogP contribution in [0.15, 0.2) is 24.9 Å². The molecule has 2 heterocycles. The van der Waals surface area contributed by atoms with Gasteiger partial charge in [0.15, 0.2) is 5.82 Å². The van der Waals surface area contributed by atoms with Crippen LogP contribution in [0.1, 0.15) is 31.4 Å². The molecule has 5 nitrogen and oxygen atoms in total. The van der Waals surface area contributed by atoms with Crippen molar-refractivity contribution in [3.63, 3.8) is 0 Å². The normalized spacial score (nSPS) is 23.9. The molecule has 0 amide bonds. The van der Waals surface area contributed by atoms with Crippen LogP contribution in [-0.4, -0.2) is 32.4 Å². The molecule has 1 aromatic heterocycles. The number of hydrogen-bond acceptors (Lipinski definition) is 4. The molecule has 2 atom stereocenters. The van der Waals surface area contributed by atoms with Gasteiger partial charge in [0, 0.05) is 0 Å². The van der Waals surface area contributed by atoms with E-state index in [9.17, 15) is 18.3 Å². The Morgan fingerprint density at radius 1 is 1.52 bits per heavy atom. The van der Waals surface area contributed by atoms with Crippen molar-refractivity contribution < 1.29 is 18.3 Å². The quantitative estimate of drug-likeness (QED) is 0.819. The fourth-order valence-electron chi connectivity index (χ4n) is 2.39. The molecule has 0 unspecified atom stereocenters. The van der Waals surface area contributed by atoms with E-state index in [-0.39, 0.29) is 6.04 Å². The largest absolute Gasteiger partial charge is 0.424 e. The Kier molecular flexibility index (Phi) is 3.63. The summed E-state index contributed by atoms with van der Waals surface area (Å²) in [5.41, 5.74) is -2.12. The van der Waals surface area contributed by atoms with Gasteiger partial charge in [-0.1, -0.05) is 12.7 Å². The van der Waals surface area contributed by atoms with E-state index in [4.69, 9.17) is 5.84 Å². The highest BCUT2D eigenvalue weighted by Gasteiger charge is 2.55. The van der Waals surface area contributed by atoms with Crippen molar-refractivity contribution in [2.45, 2.75) is 31.7 Å². The van der Waals surface area contributed by atoms with Crippen molar-refractivity contribution in [3.8, 4) is 0 Å². The number of hydrazine groups is 1. The number of aromatic nitrogens is 2. The average molecular weight is 302 g/mol. The van der Waals surface area contributed by atoms with Gasteiger partial charge >= 0.3 is 6.18 Å². The third-order valence-corrected chi connectivity index (χ3v) is 3.53. The Bertz CT molecular complexity index is 589. The molecule has 1 aliphatic rings. The molecule has 8 heteroatoms. The van der Waals surface area contributed by atoms with Crippen molar-refractivity contribution in [2.75, 3.05) is 6.54 Å². The summed E-state index contributed by atoms with van der Waals surface area (Å²) in [5.74, 6) is 5.42. The van der Waals surface area contributed by atoms with E-state index in [1.54, 1.807) is 13.0 Å². The number of nitrogens with two attached hydrogens (primary N) is 1.